The Bertz CT molecular complexity index is 1050. The van der Waals surface area contributed by atoms with E-state index in [4.69, 9.17) is 22.9 Å². The van der Waals surface area contributed by atoms with Crippen LogP contribution in [-0.4, -0.2) is 86.8 Å². The van der Waals surface area contributed by atoms with Crippen molar-refractivity contribution in [2.24, 2.45) is 34.8 Å². The normalized spacial score (nSPS) is 15.9. The number of hydrogen-bond acceptors (Lipinski definition) is 13. The zero-order valence-electron chi connectivity index (χ0n) is 27.4. The number of nitrogens with one attached hydrogen (secondary N) is 7. The summed E-state index contributed by atoms with van der Waals surface area (Å²) < 4.78 is 0. The van der Waals surface area contributed by atoms with Crippen molar-refractivity contribution in [2.75, 3.05) is 32.7 Å². The van der Waals surface area contributed by atoms with E-state index in [0.29, 0.717) is 44.8 Å². The van der Waals surface area contributed by atoms with Gasteiger partial charge >= 0.3 is 0 Å². The van der Waals surface area contributed by atoms with Gasteiger partial charge in [-0.25, -0.2) is 10.9 Å². The van der Waals surface area contributed by atoms with Crippen LogP contribution in [0.15, 0.2) is 30.3 Å². The molecule has 1 aliphatic heterocycles. The average Bonchev–Trinajstić information content (AvgIpc) is 3.02. The fourth-order valence-corrected chi connectivity index (χ4v) is 5.19. The monoisotopic (exact) mass is 647 g/mol. The molecule has 15 heteroatoms. The Morgan fingerprint density at radius 2 is 1.41 bits per heavy atom. The average molecular weight is 648 g/mol. The highest BCUT2D eigenvalue weighted by molar-refractivity contribution is 6.39. The van der Waals surface area contributed by atoms with E-state index in [1.165, 1.54) is 0 Å². The van der Waals surface area contributed by atoms with E-state index >= 15 is 0 Å². The van der Waals surface area contributed by atoms with E-state index in [2.05, 4.69) is 37.4 Å². The molecule has 1 aromatic rings. The Hall–Kier alpha value is -2.86. The Labute approximate surface area is 272 Å². The van der Waals surface area contributed by atoms with Crippen LogP contribution in [0.2, 0.25) is 0 Å². The third-order valence-corrected chi connectivity index (χ3v) is 7.92. The van der Waals surface area contributed by atoms with Crippen LogP contribution >= 0.6 is 0 Å². The summed E-state index contributed by atoms with van der Waals surface area (Å²) in [6, 6.07) is 6.52. The molecule has 0 unspecified atom stereocenters. The molecule has 2 amide bonds. The van der Waals surface area contributed by atoms with Crippen LogP contribution in [0.1, 0.15) is 57.9 Å². The van der Waals surface area contributed by atoms with Gasteiger partial charge in [0.1, 0.15) is 24.7 Å². The summed E-state index contributed by atoms with van der Waals surface area (Å²) in [5.74, 6) is -1.67. The minimum absolute atomic E-state index is 0.0318. The van der Waals surface area contributed by atoms with Crippen LogP contribution in [0.25, 0.3) is 0 Å². The van der Waals surface area contributed by atoms with Crippen molar-refractivity contribution in [1.82, 2.24) is 37.4 Å². The van der Waals surface area contributed by atoms with Gasteiger partial charge in [-0.05, 0) is 82.1 Å². The molecule has 1 fully saturated rings. The number of carbonyl (C=O) groups excluding carboxylic acids is 4. The van der Waals surface area contributed by atoms with Gasteiger partial charge < -0.3 is 38.9 Å². The summed E-state index contributed by atoms with van der Waals surface area (Å²) in [7, 11) is 0. The van der Waals surface area contributed by atoms with E-state index in [-0.39, 0.29) is 24.7 Å². The largest absolute Gasteiger partial charge is 0.354 e. The molecule has 0 bridgehead atoms. The van der Waals surface area contributed by atoms with Crippen molar-refractivity contribution < 1.29 is 19.2 Å². The lowest BCUT2D eigenvalue weighted by molar-refractivity contribution is -0.138. The lowest BCUT2D eigenvalue weighted by atomic mass is 9.98. The van der Waals surface area contributed by atoms with Crippen LogP contribution in [-0.2, 0) is 25.6 Å². The van der Waals surface area contributed by atoms with Crippen LogP contribution in [0.4, 0.5) is 0 Å². The van der Waals surface area contributed by atoms with Gasteiger partial charge in [0.25, 0.3) is 0 Å². The summed E-state index contributed by atoms with van der Waals surface area (Å²) in [6.45, 7) is 6.98. The summed E-state index contributed by atoms with van der Waals surface area (Å²) >= 11 is 0. The molecular formula is C31H57N11O4. The number of amides is 2. The smallest absolute Gasteiger partial charge is 0.242 e. The fourth-order valence-electron chi connectivity index (χ4n) is 5.19. The van der Waals surface area contributed by atoms with E-state index in [1.807, 2.05) is 32.0 Å². The van der Waals surface area contributed by atoms with Gasteiger partial charge in [-0.1, -0.05) is 44.2 Å². The third kappa shape index (κ3) is 15.6. The van der Waals surface area contributed by atoms with Gasteiger partial charge in [-0.15, -0.1) is 0 Å². The highest BCUT2D eigenvalue weighted by Crippen LogP contribution is 2.11. The first-order valence-electron chi connectivity index (χ1n) is 16.4. The Morgan fingerprint density at radius 3 is 1.98 bits per heavy atom. The number of hydrogen-bond donors (Lipinski definition) is 11. The molecular weight excluding hydrogens is 590 g/mol. The van der Waals surface area contributed by atoms with E-state index < -0.39 is 48.2 Å². The highest BCUT2D eigenvalue weighted by Gasteiger charge is 2.30. The Kier molecular flexibility index (Phi) is 18.7. The third-order valence-electron chi connectivity index (χ3n) is 7.92. The first-order valence-corrected chi connectivity index (χ1v) is 16.4. The van der Waals surface area contributed by atoms with Crippen molar-refractivity contribution in [3.63, 3.8) is 0 Å². The number of Topliss-reactive ketones (excluding diaryl/α,β-unsaturated/α-hetero) is 2. The zero-order valence-corrected chi connectivity index (χ0v) is 27.4. The summed E-state index contributed by atoms with van der Waals surface area (Å²) in [5.41, 5.74) is 29.0. The van der Waals surface area contributed by atoms with Crippen molar-refractivity contribution in [3.05, 3.63) is 35.9 Å². The second-order valence-electron chi connectivity index (χ2n) is 12.3. The number of piperidine rings is 1. The van der Waals surface area contributed by atoms with Crippen molar-refractivity contribution >= 4 is 23.4 Å². The molecule has 1 aromatic carbocycles. The van der Waals surface area contributed by atoms with Gasteiger partial charge in [-0.2, -0.15) is 0 Å². The molecule has 3 atom stereocenters. The predicted molar refractivity (Wildman–Crippen MR) is 178 cm³/mol. The molecule has 1 aliphatic rings. The lowest BCUT2D eigenvalue weighted by Crippen LogP contribution is -2.60. The van der Waals surface area contributed by atoms with Gasteiger partial charge in [0.05, 0.1) is 6.04 Å². The minimum Gasteiger partial charge on any atom is -0.354 e. The lowest BCUT2D eigenvalue weighted by Gasteiger charge is -2.28. The molecule has 0 radical (unpaired) electrons. The second kappa shape index (κ2) is 21.8. The number of ketones is 2. The van der Waals surface area contributed by atoms with Crippen molar-refractivity contribution in [3.8, 4) is 0 Å². The van der Waals surface area contributed by atoms with Gasteiger partial charge in [-0.3, -0.25) is 29.8 Å². The highest BCUT2D eigenvalue weighted by atomic mass is 16.2. The summed E-state index contributed by atoms with van der Waals surface area (Å²) in [4.78, 5) is 53.1. The van der Waals surface area contributed by atoms with Gasteiger partial charge in [0.15, 0.2) is 0 Å². The molecule has 0 saturated carbocycles. The fraction of sp³-hybridized carbons (Fsp3) is 0.677. The van der Waals surface area contributed by atoms with E-state index in [9.17, 15) is 19.2 Å². The maximum Gasteiger partial charge on any atom is 0.242 e. The number of hydrazine groups is 1. The molecule has 260 valence electrons. The quantitative estimate of drug-likeness (QED) is 0.0257. The molecule has 15 N–H and O–H groups in total. The number of benzene rings is 1. The second-order valence-corrected chi connectivity index (χ2v) is 12.3. The predicted octanol–water partition coefficient (Wildman–Crippen LogP) is -2.40. The number of carbonyl (C=O) groups is 4. The van der Waals surface area contributed by atoms with Crippen LogP contribution in [0, 0.1) is 11.8 Å². The molecule has 1 heterocycles. The standard InChI is InChI=1S/C31H57N11O4/c1-20(2)26(29(46)40-24(11-7-15-38-31(34)35)28(45)39-19-22-12-16-36-17-13-22)42-41-23(10-6-14-37-30(32)33)27(44)25(43)18-21-8-4-3-5-9-21/h3-5,8-9,20,22-24,26,30-31,36-38,41-42H,6-7,10-19,32-35H2,1-2H3,(H,39,45)(H,40,46)/t23-,24-,26-/m0/s1. The molecule has 46 heavy (non-hydrogen) atoms. The van der Waals surface area contributed by atoms with Gasteiger partial charge in [0.2, 0.25) is 23.4 Å². The number of nitrogens with two attached hydrogens (primary N) is 4. The van der Waals surface area contributed by atoms with Crippen LogP contribution in [0.3, 0.4) is 0 Å². The Morgan fingerprint density at radius 1 is 0.826 bits per heavy atom. The van der Waals surface area contributed by atoms with E-state index in [0.717, 1.165) is 31.5 Å². The molecule has 0 aromatic heterocycles. The molecule has 0 spiro atoms. The molecule has 15 nitrogen and oxygen atoms in total. The van der Waals surface area contributed by atoms with Crippen LogP contribution in [0.5, 0.6) is 0 Å². The minimum atomic E-state index is -0.906. The topological polar surface area (TPSA) is 257 Å². The number of rotatable bonds is 23. The SMILES string of the molecule is CC(C)[C@H](NN[C@@H](CCCNC(N)N)C(=O)C(=O)Cc1ccccc1)C(=O)N[C@@H](CCCNC(N)N)C(=O)NCC1CCNCC1. The zero-order chi connectivity index (χ0) is 33.9. The maximum absolute atomic E-state index is 13.6. The summed E-state index contributed by atoms with van der Waals surface area (Å²) in [5, 5.41) is 15.0. The summed E-state index contributed by atoms with van der Waals surface area (Å²) in [6.07, 6.45) is 2.23. The van der Waals surface area contributed by atoms with Crippen LogP contribution < -0.4 is 60.4 Å². The van der Waals surface area contributed by atoms with Gasteiger partial charge in [0, 0.05) is 13.0 Å². The Balaban J connectivity index is 2.08. The van der Waals surface area contributed by atoms with E-state index in [1.54, 1.807) is 12.1 Å². The molecule has 2 rings (SSSR count). The maximum atomic E-state index is 13.6. The first kappa shape index (κ1) is 39.3. The molecule has 1 saturated heterocycles. The van der Waals surface area contributed by atoms with Crippen molar-refractivity contribution in [2.45, 2.75) is 89.5 Å². The van der Waals surface area contributed by atoms with Crippen molar-refractivity contribution in [1.29, 1.82) is 0 Å². The first-order chi connectivity index (χ1) is 22.0. The molecule has 0 aliphatic carbocycles.